The number of esters is 2. The number of benzene rings is 1. The average molecular weight is 330 g/mol. The molecule has 1 aromatic rings. The van der Waals surface area contributed by atoms with Crippen LogP contribution in [-0.4, -0.2) is 24.3 Å². The van der Waals surface area contributed by atoms with E-state index >= 15 is 0 Å². The first kappa shape index (κ1) is 17.8. The van der Waals surface area contributed by atoms with Crippen molar-refractivity contribution >= 4 is 11.9 Å². The van der Waals surface area contributed by atoms with Gasteiger partial charge in [0.25, 0.3) is 6.29 Å². The second-order valence-corrected chi connectivity index (χ2v) is 4.05. The van der Waals surface area contributed by atoms with E-state index in [1.165, 1.54) is 12.1 Å². The lowest BCUT2D eigenvalue weighted by molar-refractivity contribution is -0.242. The maximum absolute atomic E-state index is 12.1. The van der Waals surface area contributed by atoms with Crippen LogP contribution in [-0.2, 0) is 19.1 Å². The first-order chi connectivity index (χ1) is 9.91. The summed E-state index contributed by atoms with van der Waals surface area (Å²) in [5, 5.41) is 0. The van der Waals surface area contributed by atoms with Crippen LogP contribution < -0.4 is 0 Å². The molecule has 0 amide bonds. The molecule has 0 unspecified atom stereocenters. The minimum atomic E-state index is -5.45. The van der Waals surface area contributed by atoms with Crippen LogP contribution in [0.3, 0.4) is 0 Å². The molecule has 0 aliphatic carbocycles. The summed E-state index contributed by atoms with van der Waals surface area (Å²) in [5.41, 5.74) is 0.271. The zero-order valence-electron chi connectivity index (χ0n) is 10.8. The van der Waals surface area contributed by atoms with E-state index in [-0.39, 0.29) is 5.56 Å². The predicted octanol–water partition coefficient (Wildman–Crippen LogP) is 3.20. The molecule has 0 heterocycles. The molecular weight excluding hydrogens is 322 g/mol. The highest BCUT2D eigenvalue weighted by Crippen LogP contribution is 2.28. The number of rotatable bonds is 3. The molecule has 0 aliphatic heterocycles. The zero-order valence-corrected chi connectivity index (χ0v) is 10.8. The number of ether oxygens (including phenoxy) is 2. The van der Waals surface area contributed by atoms with Crippen molar-refractivity contribution in [3.63, 3.8) is 0 Å². The van der Waals surface area contributed by atoms with Gasteiger partial charge in [0.2, 0.25) is 0 Å². The Morgan fingerprint density at radius 2 is 1.23 bits per heavy atom. The van der Waals surface area contributed by atoms with Crippen molar-refractivity contribution in [2.24, 2.45) is 0 Å². The maximum atomic E-state index is 12.1. The molecule has 0 atom stereocenters. The summed E-state index contributed by atoms with van der Waals surface area (Å²) in [6, 6.07) is 4.77. The molecule has 0 aliphatic rings. The Balaban J connectivity index is 3.02. The van der Waals surface area contributed by atoms with Crippen LogP contribution in [0.2, 0.25) is 0 Å². The van der Waals surface area contributed by atoms with Gasteiger partial charge in [0.1, 0.15) is 0 Å². The molecule has 0 saturated heterocycles. The van der Waals surface area contributed by atoms with Gasteiger partial charge in [-0.3, -0.25) is 0 Å². The van der Waals surface area contributed by atoms with E-state index in [9.17, 15) is 35.9 Å². The number of hydrogen-bond donors (Lipinski definition) is 0. The van der Waals surface area contributed by atoms with Crippen LogP contribution in [0.15, 0.2) is 24.3 Å². The molecular formula is C12H8F6O4. The molecule has 0 aromatic heterocycles. The molecule has 0 N–H and O–H groups in total. The molecule has 4 nitrogen and oxygen atoms in total. The molecule has 0 bridgehead atoms. The summed E-state index contributed by atoms with van der Waals surface area (Å²) in [6.45, 7) is 1.60. The lowest BCUT2D eigenvalue weighted by Gasteiger charge is -2.20. The number of aryl methyl sites for hydroxylation is 1. The van der Waals surface area contributed by atoms with Crippen molar-refractivity contribution in [2.45, 2.75) is 25.6 Å². The summed E-state index contributed by atoms with van der Waals surface area (Å²) in [4.78, 5) is 21.5. The van der Waals surface area contributed by atoms with Crippen LogP contribution in [0.5, 0.6) is 0 Å². The molecule has 1 rings (SSSR count). The fourth-order valence-corrected chi connectivity index (χ4v) is 1.21. The SMILES string of the molecule is Cc1ccc(C(OC(=O)C(F)(F)F)OC(=O)C(F)(F)F)cc1. The van der Waals surface area contributed by atoms with E-state index in [0.29, 0.717) is 5.56 Å². The van der Waals surface area contributed by atoms with Gasteiger partial charge in [-0.05, 0) is 6.92 Å². The second kappa shape index (κ2) is 6.24. The first-order valence-corrected chi connectivity index (χ1v) is 5.53. The summed E-state index contributed by atoms with van der Waals surface area (Å²) < 4.78 is 80.3. The molecule has 22 heavy (non-hydrogen) atoms. The number of alkyl halides is 6. The minimum Gasteiger partial charge on any atom is -0.414 e. The highest BCUT2D eigenvalue weighted by Gasteiger charge is 2.46. The number of halogens is 6. The molecule has 10 heteroatoms. The van der Waals surface area contributed by atoms with E-state index in [4.69, 9.17) is 0 Å². The highest BCUT2D eigenvalue weighted by molar-refractivity contribution is 5.77. The van der Waals surface area contributed by atoms with Crippen LogP contribution in [0, 0.1) is 6.92 Å². The topological polar surface area (TPSA) is 52.6 Å². The Hall–Kier alpha value is -2.26. The van der Waals surface area contributed by atoms with Gasteiger partial charge in [0.15, 0.2) is 0 Å². The summed E-state index contributed by atoms with van der Waals surface area (Å²) in [5.74, 6) is -5.57. The fourth-order valence-electron chi connectivity index (χ4n) is 1.21. The van der Waals surface area contributed by atoms with Gasteiger partial charge in [-0.1, -0.05) is 29.8 Å². The molecule has 0 saturated carbocycles. The molecule has 122 valence electrons. The smallest absolute Gasteiger partial charge is 0.414 e. The van der Waals surface area contributed by atoms with E-state index in [0.717, 1.165) is 12.1 Å². The van der Waals surface area contributed by atoms with E-state index in [1.807, 2.05) is 0 Å². The van der Waals surface area contributed by atoms with Gasteiger partial charge in [0.05, 0.1) is 0 Å². The second-order valence-electron chi connectivity index (χ2n) is 4.05. The first-order valence-electron chi connectivity index (χ1n) is 5.53. The van der Waals surface area contributed by atoms with Gasteiger partial charge in [0, 0.05) is 5.56 Å². The van der Waals surface area contributed by atoms with Crippen molar-refractivity contribution in [1.82, 2.24) is 0 Å². The van der Waals surface area contributed by atoms with Crippen molar-refractivity contribution in [3.05, 3.63) is 35.4 Å². The molecule has 0 spiro atoms. The van der Waals surface area contributed by atoms with Crippen LogP contribution in [0.4, 0.5) is 26.3 Å². The number of carbonyl (C=O) groups excluding carboxylic acids is 2. The third-order valence-electron chi connectivity index (χ3n) is 2.24. The molecule has 0 fully saturated rings. The number of carbonyl (C=O) groups is 2. The van der Waals surface area contributed by atoms with Crippen LogP contribution in [0.25, 0.3) is 0 Å². The minimum absolute atomic E-state index is 0.360. The van der Waals surface area contributed by atoms with Crippen LogP contribution in [0.1, 0.15) is 17.4 Å². The third-order valence-corrected chi connectivity index (χ3v) is 2.24. The van der Waals surface area contributed by atoms with Crippen LogP contribution >= 0.6 is 0 Å². The standard InChI is InChI=1S/C12H8F6O4/c1-6-2-4-7(5-3-6)8(21-9(19)11(13,14)15)22-10(20)12(16,17)18/h2-5,8H,1H3. The molecule has 0 radical (unpaired) electrons. The zero-order chi connectivity index (χ0) is 17.1. The van der Waals surface area contributed by atoms with E-state index < -0.39 is 30.6 Å². The summed E-state index contributed by atoms with van der Waals surface area (Å²) in [6.07, 6.45) is -13.4. The Kier molecular flexibility index (Phi) is 5.05. The van der Waals surface area contributed by atoms with Crippen molar-refractivity contribution in [1.29, 1.82) is 0 Å². The van der Waals surface area contributed by atoms with Gasteiger partial charge in [-0.2, -0.15) is 26.3 Å². The Labute approximate surface area is 119 Å². The maximum Gasteiger partial charge on any atom is 0.491 e. The lowest BCUT2D eigenvalue weighted by atomic mass is 10.1. The van der Waals surface area contributed by atoms with Gasteiger partial charge in [-0.25, -0.2) is 9.59 Å². The Morgan fingerprint density at radius 1 is 0.864 bits per heavy atom. The van der Waals surface area contributed by atoms with Gasteiger partial charge < -0.3 is 9.47 Å². The average Bonchev–Trinajstić information content (AvgIpc) is 2.36. The van der Waals surface area contributed by atoms with Crippen molar-refractivity contribution in [2.75, 3.05) is 0 Å². The third kappa shape index (κ3) is 4.93. The summed E-state index contributed by atoms with van der Waals surface area (Å²) >= 11 is 0. The van der Waals surface area contributed by atoms with Gasteiger partial charge in [-0.15, -0.1) is 0 Å². The summed E-state index contributed by atoms with van der Waals surface area (Å²) in [7, 11) is 0. The lowest BCUT2D eigenvalue weighted by Crippen LogP contribution is -2.32. The Morgan fingerprint density at radius 3 is 1.55 bits per heavy atom. The fraction of sp³-hybridized carbons (Fsp3) is 0.333. The van der Waals surface area contributed by atoms with Crippen molar-refractivity contribution < 1.29 is 45.4 Å². The van der Waals surface area contributed by atoms with E-state index in [2.05, 4.69) is 9.47 Å². The largest absolute Gasteiger partial charge is 0.491 e. The predicted molar refractivity (Wildman–Crippen MR) is 58.2 cm³/mol. The highest BCUT2D eigenvalue weighted by atomic mass is 19.4. The van der Waals surface area contributed by atoms with Crippen molar-refractivity contribution in [3.8, 4) is 0 Å². The monoisotopic (exact) mass is 330 g/mol. The Bertz CT molecular complexity index is 518. The molecule has 1 aromatic carbocycles. The van der Waals surface area contributed by atoms with E-state index in [1.54, 1.807) is 6.92 Å². The quantitative estimate of drug-likeness (QED) is 0.485. The number of hydrogen-bond acceptors (Lipinski definition) is 4. The van der Waals surface area contributed by atoms with Gasteiger partial charge >= 0.3 is 24.3 Å². The normalized spacial score (nSPS) is 12.2.